The first kappa shape index (κ1) is 9.92. The highest BCUT2D eigenvalue weighted by Crippen LogP contribution is 2.15. The summed E-state index contributed by atoms with van der Waals surface area (Å²) in [6.07, 6.45) is 0. The van der Waals surface area contributed by atoms with Gasteiger partial charge in [0.2, 0.25) is 0 Å². The maximum atomic E-state index is 11.8. The molecule has 0 radical (unpaired) electrons. The lowest BCUT2D eigenvalue weighted by Crippen LogP contribution is -2.18. The van der Waals surface area contributed by atoms with Crippen molar-refractivity contribution in [1.29, 1.82) is 0 Å². The van der Waals surface area contributed by atoms with Gasteiger partial charge in [0, 0.05) is 7.05 Å². The van der Waals surface area contributed by atoms with Gasteiger partial charge in [0.25, 0.3) is 5.56 Å². The molecule has 1 heterocycles. The van der Waals surface area contributed by atoms with Gasteiger partial charge in [-0.3, -0.25) is 9.36 Å². The Hall–Kier alpha value is -1.62. The van der Waals surface area contributed by atoms with Crippen LogP contribution in [0.25, 0.3) is 10.9 Å². The van der Waals surface area contributed by atoms with Crippen LogP contribution >= 0.6 is 12.2 Å². The molecule has 78 valence electrons. The topological polar surface area (TPSA) is 47.0 Å². The third-order valence-corrected chi connectivity index (χ3v) is 2.68. The van der Waals surface area contributed by atoms with E-state index in [2.05, 4.69) is 4.98 Å². The lowest BCUT2D eigenvalue weighted by atomic mass is 10.2. The second-order valence-electron chi connectivity index (χ2n) is 3.21. The molecule has 1 N–H and O–H groups in total. The Morgan fingerprint density at radius 1 is 1.47 bits per heavy atom. The van der Waals surface area contributed by atoms with Gasteiger partial charge >= 0.3 is 0 Å². The number of benzene rings is 1. The largest absolute Gasteiger partial charge is 0.497 e. The van der Waals surface area contributed by atoms with E-state index in [0.29, 0.717) is 15.9 Å². The number of rotatable bonds is 1. The summed E-state index contributed by atoms with van der Waals surface area (Å²) in [4.78, 5) is 14.8. The summed E-state index contributed by atoms with van der Waals surface area (Å²) in [5.74, 6) is 0.658. The van der Waals surface area contributed by atoms with E-state index in [1.165, 1.54) is 4.57 Å². The van der Waals surface area contributed by atoms with Gasteiger partial charge in [-0.1, -0.05) is 0 Å². The van der Waals surface area contributed by atoms with Crippen LogP contribution < -0.4 is 10.3 Å². The Kier molecular flexibility index (Phi) is 2.32. The maximum Gasteiger partial charge on any atom is 0.262 e. The van der Waals surface area contributed by atoms with Gasteiger partial charge in [0.05, 0.1) is 18.0 Å². The van der Waals surface area contributed by atoms with Gasteiger partial charge in [-0.2, -0.15) is 0 Å². The Morgan fingerprint density at radius 3 is 2.87 bits per heavy atom. The molecule has 0 bridgehead atoms. The van der Waals surface area contributed by atoms with Crippen LogP contribution in [0.1, 0.15) is 0 Å². The van der Waals surface area contributed by atoms with Crippen molar-refractivity contribution in [2.24, 2.45) is 7.05 Å². The van der Waals surface area contributed by atoms with Crippen molar-refractivity contribution >= 4 is 23.1 Å². The SMILES string of the molecule is COc1ccc2[nH]c(=S)n(C)c(=O)c2c1. The predicted octanol–water partition coefficient (Wildman–Crippen LogP) is 1.60. The first-order valence-electron chi connectivity index (χ1n) is 4.40. The molecule has 0 aliphatic carbocycles. The number of aromatic amines is 1. The smallest absolute Gasteiger partial charge is 0.262 e. The van der Waals surface area contributed by atoms with Crippen molar-refractivity contribution < 1.29 is 4.74 Å². The Bertz CT molecular complexity index is 627. The number of aromatic nitrogens is 2. The molecule has 2 aromatic rings. The fourth-order valence-electron chi connectivity index (χ4n) is 1.41. The minimum Gasteiger partial charge on any atom is -0.497 e. The van der Waals surface area contributed by atoms with E-state index in [4.69, 9.17) is 17.0 Å². The zero-order chi connectivity index (χ0) is 11.0. The number of fused-ring (bicyclic) bond motifs is 1. The molecule has 0 fully saturated rings. The molecule has 0 spiro atoms. The van der Waals surface area contributed by atoms with E-state index in [1.807, 2.05) is 0 Å². The van der Waals surface area contributed by atoms with Crippen LogP contribution in [0.2, 0.25) is 0 Å². The van der Waals surface area contributed by atoms with Gasteiger partial charge in [-0.15, -0.1) is 0 Å². The molecule has 4 nitrogen and oxygen atoms in total. The van der Waals surface area contributed by atoms with E-state index in [1.54, 1.807) is 32.4 Å². The first-order valence-corrected chi connectivity index (χ1v) is 4.81. The van der Waals surface area contributed by atoms with Gasteiger partial charge in [-0.05, 0) is 30.4 Å². The summed E-state index contributed by atoms with van der Waals surface area (Å²) in [5, 5.41) is 0.574. The molecule has 0 saturated carbocycles. The zero-order valence-corrected chi connectivity index (χ0v) is 9.22. The molecule has 0 aliphatic rings. The second kappa shape index (κ2) is 3.51. The minimum absolute atomic E-state index is 0.118. The molecule has 1 aromatic heterocycles. The molecule has 15 heavy (non-hydrogen) atoms. The zero-order valence-electron chi connectivity index (χ0n) is 8.40. The van der Waals surface area contributed by atoms with Gasteiger partial charge in [-0.25, -0.2) is 0 Å². The highest BCUT2D eigenvalue weighted by Gasteiger charge is 2.03. The van der Waals surface area contributed by atoms with Crippen molar-refractivity contribution in [3.05, 3.63) is 33.3 Å². The standard InChI is InChI=1S/C10H10N2O2S/c1-12-9(13)7-5-6(14-2)3-4-8(7)11-10(12)15/h3-5H,1-2H3,(H,11,15). The summed E-state index contributed by atoms with van der Waals surface area (Å²) in [6, 6.07) is 5.27. The van der Waals surface area contributed by atoms with Gasteiger partial charge < -0.3 is 9.72 Å². The monoisotopic (exact) mass is 222 g/mol. The molecule has 5 heteroatoms. The molecule has 0 amide bonds. The average molecular weight is 222 g/mol. The summed E-state index contributed by atoms with van der Waals surface area (Å²) >= 11 is 5.01. The van der Waals surface area contributed by atoms with Crippen LogP contribution in [-0.2, 0) is 7.05 Å². The Morgan fingerprint density at radius 2 is 2.20 bits per heavy atom. The first-order chi connectivity index (χ1) is 7.13. The molecular formula is C10H10N2O2S. The van der Waals surface area contributed by atoms with Crippen molar-refractivity contribution in [1.82, 2.24) is 9.55 Å². The number of ether oxygens (including phenoxy) is 1. The maximum absolute atomic E-state index is 11.8. The minimum atomic E-state index is -0.118. The molecule has 0 atom stereocenters. The summed E-state index contributed by atoms with van der Waals surface area (Å²) < 4.78 is 6.87. The fraction of sp³-hybridized carbons (Fsp3) is 0.200. The number of hydrogen-bond donors (Lipinski definition) is 1. The molecule has 0 aliphatic heterocycles. The molecule has 0 unspecified atom stereocenters. The Balaban J connectivity index is 2.94. The number of H-pyrrole nitrogens is 1. The highest BCUT2D eigenvalue weighted by atomic mass is 32.1. The van der Waals surface area contributed by atoms with Crippen molar-refractivity contribution in [2.45, 2.75) is 0 Å². The third-order valence-electron chi connectivity index (χ3n) is 2.31. The predicted molar refractivity (Wildman–Crippen MR) is 60.9 cm³/mol. The van der Waals surface area contributed by atoms with Crippen molar-refractivity contribution in [3.63, 3.8) is 0 Å². The summed E-state index contributed by atoms with van der Waals surface area (Å²) in [5.41, 5.74) is 0.608. The number of nitrogens with zero attached hydrogens (tertiary/aromatic N) is 1. The molecular weight excluding hydrogens is 212 g/mol. The van der Waals surface area contributed by atoms with E-state index in [9.17, 15) is 4.79 Å². The molecule has 2 rings (SSSR count). The van der Waals surface area contributed by atoms with E-state index < -0.39 is 0 Å². The fourth-order valence-corrected chi connectivity index (χ4v) is 1.60. The van der Waals surface area contributed by atoms with Crippen LogP contribution in [0.15, 0.2) is 23.0 Å². The van der Waals surface area contributed by atoms with Crippen molar-refractivity contribution in [3.8, 4) is 5.75 Å². The normalized spacial score (nSPS) is 10.5. The number of hydrogen-bond acceptors (Lipinski definition) is 3. The molecule has 1 aromatic carbocycles. The van der Waals surface area contributed by atoms with Crippen LogP contribution in [0, 0.1) is 4.77 Å². The number of methoxy groups -OCH3 is 1. The lowest BCUT2D eigenvalue weighted by Gasteiger charge is -2.04. The average Bonchev–Trinajstić information content (AvgIpc) is 2.26. The van der Waals surface area contributed by atoms with Crippen LogP contribution in [0.3, 0.4) is 0 Å². The summed E-state index contributed by atoms with van der Waals surface area (Å²) in [7, 11) is 3.21. The van der Waals surface area contributed by atoms with E-state index in [0.717, 1.165) is 5.52 Å². The lowest BCUT2D eigenvalue weighted by molar-refractivity contribution is 0.415. The van der Waals surface area contributed by atoms with E-state index in [-0.39, 0.29) is 5.56 Å². The highest BCUT2D eigenvalue weighted by molar-refractivity contribution is 7.71. The van der Waals surface area contributed by atoms with Crippen LogP contribution in [0.5, 0.6) is 5.75 Å². The Labute approximate surface area is 91.1 Å². The van der Waals surface area contributed by atoms with Crippen LogP contribution in [0.4, 0.5) is 0 Å². The number of nitrogens with one attached hydrogen (secondary N) is 1. The van der Waals surface area contributed by atoms with Gasteiger partial charge in [0.15, 0.2) is 4.77 Å². The summed E-state index contributed by atoms with van der Waals surface area (Å²) in [6.45, 7) is 0. The third kappa shape index (κ3) is 1.55. The second-order valence-corrected chi connectivity index (χ2v) is 3.59. The van der Waals surface area contributed by atoms with Crippen LogP contribution in [-0.4, -0.2) is 16.7 Å². The quantitative estimate of drug-likeness (QED) is 0.745. The van der Waals surface area contributed by atoms with Crippen molar-refractivity contribution in [2.75, 3.05) is 7.11 Å². The molecule has 0 saturated heterocycles. The van der Waals surface area contributed by atoms with Gasteiger partial charge in [0.1, 0.15) is 5.75 Å². The van der Waals surface area contributed by atoms with E-state index >= 15 is 0 Å².